The van der Waals surface area contributed by atoms with Crippen LogP contribution >= 0.6 is 11.6 Å². The van der Waals surface area contributed by atoms with Crippen LogP contribution in [0.5, 0.6) is 0 Å². The summed E-state index contributed by atoms with van der Waals surface area (Å²) in [6.45, 7) is 2.03. The molecule has 2 aliphatic rings. The monoisotopic (exact) mass is 355 g/mol. The maximum Gasteiger partial charge on any atom is 0.328 e. The maximum atomic E-state index is 14.2. The number of amides is 1. The first kappa shape index (κ1) is 17.2. The number of carboxylic acid groups (broad SMARTS) is 1. The van der Waals surface area contributed by atoms with Gasteiger partial charge in [0.2, 0.25) is 0 Å². The van der Waals surface area contributed by atoms with Crippen LogP contribution in [0.25, 0.3) is 0 Å². The first-order valence-corrected chi connectivity index (χ1v) is 8.37. The van der Waals surface area contributed by atoms with E-state index in [4.69, 9.17) is 16.3 Å². The van der Waals surface area contributed by atoms with Crippen LogP contribution in [-0.2, 0) is 9.53 Å². The van der Waals surface area contributed by atoms with E-state index in [1.54, 1.807) is 0 Å². The molecule has 1 amide bonds. The van der Waals surface area contributed by atoms with E-state index in [1.165, 1.54) is 17.0 Å². The summed E-state index contributed by atoms with van der Waals surface area (Å²) in [4.78, 5) is 25.8. The molecule has 1 aromatic rings. The fourth-order valence-electron chi connectivity index (χ4n) is 3.56. The topological polar surface area (TPSA) is 66.8 Å². The van der Waals surface area contributed by atoms with Crippen molar-refractivity contribution in [2.45, 2.75) is 44.4 Å². The number of aliphatic carboxylic acids is 1. The minimum Gasteiger partial charge on any atom is -0.480 e. The Morgan fingerprint density at radius 2 is 2.04 bits per heavy atom. The standard InChI is InChI=1S/C17H19ClFNO4/c1-10-4-6-17(7-5-10)20(14(9-24-17)16(22)23)15(21)12-3-2-11(18)8-13(12)19/h2-3,8,10,14H,4-7,9H2,1H3,(H,22,23)/t10?,14-,17?/m1/s1. The zero-order valence-corrected chi connectivity index (χ0v) is 14.1. The highest BCUT2D eigenvalue weighted by Gasteiger charge is 2.54. The van der Waals surface area contributed by atoms with E-state index < -0.39 is 29.5 Å². The fourth-order valence-corrected chi connectivity index (χ4v) is 3.72. The molecule has 1 saturated carbocycles. The van der Waals surface area contributed by atoms with Gasteiger partial charge in [-0.15, -0.1) is 0 Å². The zero-order valence-electron chi connectivity index (χ0n) is 13.3. The molecule has 1 atom stereocenters. The van der Waals surface area contributed by atoms with E-state index in [-0.39, 0.29) is 17.2 Å². The second-order valence-corrected chi connectivity index (χ2v) is 7.03. The molecule has 3 rings (SSSR count). The van der Waals surface area contributed by atoms with Crippen LogP contribution in [0.1, 0.15) is 43.0 Å². The minimum atomic E-state index is -1.15. The van der Waals surface area contributed by atoms with Gasteiger partial charge in [-0.2, -0.15) is 0 Å². The van der Waals surface area contributed by atoms with Gasteiger partial charge in [0.1, 0.15) is 11.5 Å². The average Bonchev–Trinajstić information content (AvgIpc) is 2.89. The molecule has 1 aliphatic carbocycles. The van der Waals surface area contributed by atoms with E-state index in [2.05, 4.69) is 6.92 Å². The number of benzene rings is 1. The largest absolute Gasteiger partial charge is 0.480 e. The van der Waals surface area contributed by atoms with Gasteiger partial charge in [0.25, 0.3) is 5.91 Å². The van der Waals surface area contributed by atoms with E-state index in [0.717, 1.165) is 18.9 Å². The van der Waals surface area contributed by atoms with Gasteiger partial charge in [0, 0.05) is 5.02 Å². The van der Waals surface area contributed by atoms with Crippen LogP contribution in [0.2, 0.25) is 5.02 Å². The molecule has 5 nitrogen and oxygen atoms in total. The molecular formula is C17H19ClFNO4. The third-order valence-corrected chi connectivity index (χ3v) is 5.22. The molecule has 0 radical (unpaired) electrons. The molecule has 1 aromatic carbocycles. The van der Waals surface area contributed by atoms with Crippen molar-refractivity contribution < 1.29 is 23.8 Å². The van der Waals surface area contributed by atoms with Crippen LogP contribution in [0, 0.1) is 11.7 Å². The van der Waals surface area contributed by atoms with Gasteiger partial charge in [-0.25, -0.2) is 9.18 Å². The summed E-state index contributed by atoms with van der Waals surface area (Å²) in [6.07, 6.45) is 2.77. The highest BCUT2D eigenvalue weighted by molar-refractivity contribution is 6.30. The second kappa shape index (κ2) is 6.33. The Morgan fingerprint density at radius 1 is 1.38 bits per heavy atom. The summed E-state index contributed by atoms with van der Waals surface area (Å²) in [5.74, 6) is -2.08. The van der Waals surface area contributed by atoms with Gasteiger partial charge in [0.15, 0.2) is 6.04 Å². The molecule has 2 fully saturated rings. The van der Waals surface area contributed by atoms with Gasteiger partial charge in [-0.3, -0.25) is 9.69 Å². The van der Waals surface area contributed by atoms with Gasteiger partial charge >= 0.3 is 5.97 Å². The number of halogens is 2. The predicted molar refractivity (Wildman–Crippen MR) is 85.3 cm³/mol. The SMILES string of the molecule is CC1CCC2(CC1)OC[C@H](C(=O)O)N2C(=O)c1ccc(Cl)cc1F. The predicted octanol–water partition coefficient (Wildman–Crippen LogP) is 3.31. The molecular weight excluding hydrogens is 337 g/mol. The van der Waals surface area contributed by atoms with Crippen molar-refractivity contribution in [3.63, 3.8) is 0 Å². The Hall–Kier alpha value is -1.66. The minimum absolute atomic E-state index is 0.0787. The number of rotatable bonds is 2. The summed E-state index contributed by atoms with van der Waals surface area (Å²) in [5.41, 5.74) is -1.15. The van der Waals surface area contributed by atoms with E-state index >= 15 is 0 Å². The van der Waals surface area contributed by atoms with Crippen LogP contribution in [0.3, 0.4) is 0 Å². The molecule has 0 bridgehead atoms. The maximum absolute atomic E-state index is 14.2. The normalized spacial score (nSPS) is 29.9. The summed E-state index contributed by atoms with van der Waals surface area (Å²) in [7, 11) is 0. The van der Waals surface area contributed by atoms with Gasteiger partial charge in [-0.1, -0.05) is 18.5 Å². The number of hydrogen-bond acceptors (Lipinski definition) is 3. The lowest BCUT2D eigenvalue weighted by Crippen LogP contribution is -2.55. The molecule has 1 saturated heterocycles. The van der Waals surface area contributed by atoms with Gasteiger partial charge in [-0.05, 0) is 49.8 Å². The molecule has 24 heavy (non-hydrogen) atoms. The number of carbonyl (C=O) groups excluding carboxylic acids is 1. The molecule has 1 heterocycles. The van der Waals surface area contributed by atoms with Crippen molar-refractivity contribution in [2.24, 2.45) is 5.92 Å². The Balaban J connectivity index is 1.98. The smallest absolute Gasteiger partial charge is 0.328 e. The van der Waals surface area contributed by atoms with Gasteiger partial charge < -0.3 is 9.84 Å². The summed E-state index contributed by atoms with van der Waals surface area (Å²) in [6, 6.07) is 2.65. The van der Waals surface area contributed by atoms with Crippen LogP contribution in [0.15, 0.2) is 18.2 Å². The molecule has 0 unspecified atom stereocenters. The van der Waals surface area contributed by atoms with Crippen molar-refractivity contribution in [1.29, 1.82) is 0 Å². The Labute approximate surface area is 144 Å². The lowest BCUT2D eigenvalue weighted by Gasteiger charge is -2.42. The third kappa shape index (κ3) is 2.89. The highest BCUT2D eigenvalue weighted by atomic mass is 35.5. The van der Waals surface area contributed by atoms with Crippen molar-refractivity contribution in [2.75, 3.05) is 6.61 Å². The summed E-state index contributed by atoms with van der Waals surface area (Å²) < 4.78 is 20.0. The Kier molecular flexibility index (Phi) is 4.53. The lowest BCUT2D eigenvalue weighted by molar-refractivity contribution is -0.143. The van der Waals surface area contributed by atoms with Crippen molar-refractivity contribution in [3.8, 4) is 0 Å². The second-order valence-electron chi connectivity index (χ2n) is 6.59. The number of carbonyl (C=O) groups is 2. The highest BCUT2D eigenvalue weighted by Crippen LogP contribution is 2.43. The quantitative estimate of drug-likeness (QED) is 0.883. The molecule has 130 valence electrons. The molecule has 1 N–H and O–H groups in total. The summed E-state index contributed by atoms with van der Waals surface area (Å²) in [5, 5.41) is 9.65. The van der Waals surface area contributed by atoms with E-state index in [1.807, 2.05) is 0 Å². The first-order chi connectivity index (χ1) is 11.3. The summed E-state index contributed by atoms with van der Waals surface area (Å²) >= 11 is 5.73. The van der Waals surface area contributed by atoms with Crippen LogP contribution in [0.4, 0.5) is 4.39 Å². The zero-order chi connectivity index (χ0) is 17.5. The number of nitrogens with zero attached hydrogens (tertiary/aromatic N) is 1. The van der Waals surface area contributed by atoms with Crippen LogP contribution < -0.4 is 0 Å². The van der Waals surface area contributed by atoms with Crippen molar-refractivity contribution in [1.82, 2.24) is 4.90 Å². The number of carboxylic acids is 1. The van der Waals surface area contributed by atoms with Crippen LogP contribution in [-0.4, -0.2) is 40.3 Å². The molecule has 7 heteroatoms. The van der Waals surface area contributed by atoms with Gasteiger partial charge in [0.05, 0.1) is 12.2 Å². The lowest BCUT2D eigenvalue weighted by atomic mass is 9.83. The molecule has 1 spiro atoms. The number of hydrogen-bond donors (Lipinski definition) is 1. The van der Waals surface area contributed by atoms with E-state index in [0.29, 0.717) is 18.8 Å². The number of ether oxygens (including phenoxy) is 1. The molecule has 1 aliphatic heterocycles. The third-order valence-electron chi connectivity index (χ3n) is 4.98. The average molecular weight is 356 g/mol. The Bertz CT molecular complexity index is 673. The van der Waals surface area contributed by atoms with Crippen molar-refractivity contribution in [3.05, 3.63) is 34.6 Å². The van der Waals surface area contributed by atoms with Crippen molar-refractivity contribution >= 4 is 23.5 Å². The van der Waals surface area contributed by atoms with E-state index in [9.17, 15) is 19.1 Å². The first-order valence-electron chi connectivity index (χ1n) is 7.99. The molecule has 0 aromatic heterocycles. The Morgan fingerprint density at radius 3 is 2.62 bits per heavy atom. The fraction of sp³-hybridized carbons (Fsp3) is 0.529.